The number of alkyl halides is 2. The van der Waals surface area contributed by atoms with Gasteiger partial charge in [0.15, 0.2) is 0 Å². The largest absolute Gasteiger partial charge is 0.351 e. The minimum absolute atomic E-state index is 0.00273. The van der Waals surface area contributed by atoms with Crippen LogP contribution in [0.5, 0.6) is 0 Å². The molecule has 4 rings (SSSR count). The van der Waals surface area contributed by atoms with Gasteiger partial charge in [-0.15, -0.1) is 0 Å². The highest BCUT2D eigenvalue weighted by atomic mass is 19.3. The SMILES string of the molecule is CC(CNC(=O)c1ccc(NC(=O)C2CC2)cc1)c1nc2ccccc2n1C(F)F. The molecule has 1 aromatic heterocycles. The fourth-order valence-corrected chi connectivity index (χ4v) is 3.35. The van der Waals surface area contributed by atoms with Crippen molar-refractivity contribution in [3.05, 3.63) is 59.9 Å². The number of nitrogens with zero attached hydrogens (tertiary/aromatic N) is 2. The van der Waals surface area contributed by atoms with Gasteiger partial charge in [0.25, 0.3) is 5.91 Å². The lowest BCUT2D eigenvalue weighted by Crippen LogP contribution is -2.28. The van der Waals surface area contributed by atoms with Gasteiger partial charge in [-0.1, -0.05) is 19.1 Å². The summed E-state index contributed by atoms with van der Waals surface area (Å²) in [5, 5.41) is 5.59. The van der Waals surface area contributed by atoms with Crippen LogP contribution in [-0.2, 0) is 4.79 Å². The number of carbonyl (C=O) groups excluding carboxylic acids is 2. The van der Waals surface area contributed by atoms with Crippen LogP contribution >= 0.6 is 0 Å². The van der Waals surface area contributed by atoms with Crippen LogP contribution in [0.3, 0.4) is 0 Å². The first kappa shape index (κ1) is 20.0. The van der Waals surface area contributed by atoms with E-state index in [4.69, 9.17) is 0 Å². The quantitative estimate of drug-likeness (QED) is 0.607. The maximum Gasteiger partial charge on any atom is 0.320 e. The standard InChI is InChI=1S/C22H22F2N4O2/c1-13(19-27-17-4-2-3-5-18(17)28(19)22(23)24)12-25-20(29)14-8-10-16(11-9-14)26-21(30)15-6-7-15/h2-5,8-11,13,15,22H,6-7,12H2,1H3,(H,25,29)(H,26,30). The predicted octanol–water partition coefficient (Wildman–Crippen LogP) is 4.31. The number of carbonyl (C=O) groups is 2. The van der Waals surface area contributed by atoms with E-state index in [0.717, 1.165) is 17.4 Å². The Balaban J connectivity index is 1.40. The van der Waals surface area contributed by atoms with Crippen LogP contribution < -0.4 is 10.6 Å². The third kappa shape index (κ3) is 4.17. The van der Waals surface area contributed by atoms with Gasteiger partial charge in [-0.2, -0.15) is 8.78 Å². The number of rotatable bonds is 7. The molecule has 1 aliphatic rings. The van der Waals surface area contributed by atoms with E-state index < -0.39 is 12.5 Å². The topological polar surface area (TPSA) is 76.0 Å². The molecule has 2 aromatic carbocycles. The lowest BCUT2D eigenvalue weighted by atomic mass is 10.1. The molecular formula is C22H22F2N4O2. The summed E-state index contributed by atoms with van der Waals surface area (Å²) < 4.78 is 28.1. The number of para-hydroxylation sites is 2. The minimum atomic E-state index is -2.72. The lowest BCUT2D eigenvalue weighted by molar-refractivity contribution is -0.117. The number of benzene rings is 2. The Hall–Kier alpha value is -3.29. The summed E-state index contributed by atoms with van der Waals surface area (Å²) in [7, 11) is 0. The molecule has 156 valence electrons. The number of amides is 2. The van der Waals surface area contributed by atoms with Gasteiger partial charge < -0.3 is 10.6 Å². The van der Waals surface area contributed by atoms with E-state index >= 15 is 0 Å². The molecule has 1 atom stereocenters. The summed E-state index contributed by atoms with van der Waals surface area (Å²) in [4.78, 5) is 28.6. The molecule has 1 saturated carbocycles. The summed E-state index contributed by atoms with van der Waals surface area (Å²) in [5.41, 5.74) is 1.93. The zero-order chi connectivity index (χ0) is 21.3. The predicted molar refractivity (Wildman–Crippen MR) is 110 cm³/mol. The molecule has 1 heterocycles. The van der Waals surface area contributed by atoms with E-state index in [1.165, 1.54) is 0 Å². The number of hydrogen-bond donors (Lipinski definition) is 2. The van der Waals surface area contributed by atoms with Crippen LogP contribution in [0.25, 0.3) is 11.0 Å². The Bertz CT molecular complexity index is 1070. The summed E-state index contributed by atoms with van der Waals surface area (Å²) in [6.07, 6.45) is 1.84. The maximum absolute atomic E-state index is 13.6. The van der Waals surface area contributed by atoms with Crippen molar-refractivity contribution in [3.8, 4) is 0 Å². The first-order valence-electron chi connectivity index (χ1n) is 9.88. The van der Waals surface area contributed by atoms with Gasteiger partial charge >= 0.3 is 6.55 Å². The second-order valence-electron chi connectivity index (χ2n) is 7.56. The van der Waals surface area contributed by atoms with Gasteiger partial charge in [-0.05, 0) is 49.2 Å². The highest BCUT2D eigenvalue weighted by Crippen LogP contribution is 2.30. The summed E-state index contributed by atoms with van der Waals surface area (Å²) in [6.45, 7) is -0.810. The summed E-state index contributed by atoms with van der Waals surface area (Å²) >= 11 is 0. The Morgan fingerprint density at radius 1 is 1.13 bits per heavy atom. The van der Waals surface area contributed by atoms with Crippen LogP contribution in [-0.4, -0.2) is 27.9 Å². The van der Waals surface area contributed by atoms with Crippen molar-refractivity contribution in [2.75, 3.05) is 11.9 Å². The van der Waals surface area contributed by atoms with Gasteiger partial charge in [0.2, 0.25) is 5.91 Å². The monoisotopic (exact) mass is 412 g/mol. The molecule has 8 heteroatoms. The molecule has 6 nitrogen and oxygen atoms in total. The molecule has 1 unspecified atom stereocenters. The second kappa shape index (κ2) is 8.22. The number of hydrogen-bond acceptors (Lipinski definition) is 3. The van der Waals surface area contributed by atoms with E-state index in [0.29, 0.717) is 22.3 Å². The van der Waals surface area contributed by atoms with Gasteiger partial charge in [-0.3, -0.25) is 14.2 Å². The van der Waals surface area contributed by atoms with Crippen molar-refractivity contribution < 1.29 is 18.4 Å². The van der Waals surface area contributed by atoms with Crippen LogP contribution in [0.1, 0.15) is 48.4 Å². The number of nitrogens with one attached hydrogen (secondary N) is 2. The smallest absolute Gasteiger partial charge is 0.320 e. The molecule has 2 amide bonds. The zero-order valence-electron chi connectivity index (χ0n) is 16.4. The van der Waals surface area contributed by atoms with E-state index in [1.807, 2.05) is 0 Å². The number of imidazole rings is 1. The Kier molecular flexibility index (Phi) is 5.48. The van der Waals surface area contributed by atoms with Crippen molar-refractivity contribution in [2.45, 2.75) is 32.2 Å². The average Bonchev–Trinajstić information content (AvgIpc) is 3.52. The van der Waals surface area contributed by atoms with E-state index in [2.05, 4.69) is 15.6 Å². The molecule has 0 radical (unpaired) electrons. The Morgan fingerprint density at radius 3 is 2.50 bits per heavy atom. The van der Waals surface area contributed by atoms with Crippen molar-refractivity contribution in [1.29, 1.82) is 0 Å². The molecule has 0 aliphatic heterocycles. The third-order valence-corrected chi connectivity index (χ3v) is 5.19. The molecule has 2 N–H and O–H groups in total. The van der Waals surface area contributed by atoms with E-state index in [9.17, 15) is 18.4 Å². The van der Waals surface area contributed by atoms with Gasteiger partial charge in [0.05, 0.1) is 11.0 Å². The first-order chi connectivity index (χ1) is 14.4. The minimum Gasteiger partial charge on any atom is -0.351 e. The molecular weight excluding hydrogens is 390 g/mol. The van der Waals surface area contributed by atoms with Crippen molar-refractivity contribution in [1.82, 2.24) is 14.9 Å². The average molecular weight is 412 g/mol. The van der Waals surface area contributed by atoms with Crippen LogP contribution in [0, 0.1) is 5.92 Å². The van der Waals surface area contributed by atoms with E-state index in [1.54, 1.807) is 55.5 Å². The molecule has 0 spiro atoms. The fraction of sp³-hybridized carbons (Fsp3) is 0.318. The first-order valence-corrected chi connectivity index (χ1v) is 9.88. The van der Waals surface area contributed by atoms with Crippen LogP contribution in [0.2, 0.25) is 0 Å². The third-order valence-electron chi connectivity index (χ3n) is 5.19. The summed E-state index contributed by atoms with van der Waals surface area (Å²) in [5.74, 6) is -0.395. The Labute approximate surface area is 172 Å². The molecule has 30 heavy (non-hydrogen) atoms. The molecule has 3 aromatic rings. The fourth-order valence-electron chi connectivity index (χ4n) is 3.35. The maximum atomic E-state index is 13.6. The lowest BCUT2D eigenvalue weighted by Gasteiger charge is -2.15. The van der Waals surface area contributed by atoms with Gasteiger partial charge in [0.1, 0.15) is 5.82 Å². The van der Waals surface area contributed by atoms with Crippen molar-refractivity contribution in [3.63, 3.8) is 0 Å². The highest BCUT2D eigenvalue weighted by molar-refractivity contribution is 5.96. The number of fused-ring (bicyclic) bond motifs is 1. The Morgan fingerprint density at radius 2 is 1.83 bits per heavy atom. The number of halogens is 2. The molecule has 0 bridgehead atoms. The molecule has 1 aliphatic carbocycles. The number of anilines is 1. The zero-order valence-corrected chi connectivity index (χ0v) is 16.4. The van der Waals surface area contributed by atoms with Gasteiger partial charge in [-0.25, -0.2) is 4.98 Å². The molecule has 0 saturated heterocycles. The van der Waals surface area contributed by atoms with Crippen LogP contribution in [0.15, 0.2) is 48.5 Å². The van der Waals surface area contributed by atoms with Crippen molar-refractivity contribution >= 4 is 28.5 Å². The van der Waals surface area contributed by atoms with Crippen molar-refractivity contribution in [2.24, 2.45) is 5.92 Å². The van der Waals surface area contributed by atoms with Gasteiger partial charge in [0, 0.05) is 29.6 Å². The normalized spacial score (nSPS) is 14.7. The molecule has 1 fully saturated rings. The van der Waals surface area contributed by atoms with Crippen LogP contribution in [0.4, 0.5) is 14.5 Å². The second-order valence-corrected chi connectivity index (χ2v) is 7.56. The summed E-state index contributed by atoms with van der Waals surface area (Å²) in [6, 6.07) is 13.3. The number of aromatic nitrogens is 2. The highest BCUT2D eigenvalue weighted by Gasteiger charge is 2.29. The van der Waals surface area contributed by atoms with E-state index in [-0.39, 0.29) is 30.1 Å².